The summed E-state index contributed by atoms with van der Waals surface area (Å²) in [4.78, 5) is 0. The van der Waals surface area contributed by atoms with Crippen molar-refractivity contribution >= 4 is 17.4 Å². The van der Waals surface area contributed by atoms with Gasteiger partial charge in [0.05, 0.1) is 20.3 Å². The summed E-state index contributed by atoms with van der Waals surface area (Å²) in [5.74, 6) is 0.806. The maximum Gasteiger partial charge on any atom is 0.122 e. The highest BCUT2D eigenvalue weighted by atomic mass is 35.5. The molecule has 0 atom stereocenters. The lowest BCUT2D eigenvalue weighted by molar-refractivity contribution is 0.107. The number of nitrogens with two attached hydrogens (primary N) is 1. The fourth-order valence-electron chi connectivity index (χ4n) is 1.87. The Labute approximate surface area is 129 Å². The van der Waals surface area contributed by atoms with E-state index in [9.17, 15) is 0 Å². The van der Waals surface area contributed by atoms with E-state index in [0.717, 1.165) is 16.9 Å². The van der Waals surface area contributed by atoms with Crippen LogP contribution in [-0.2, 0) is 18.0 Å². The van der Waals surface area contributed by atoms with Crippen molar-refractivity contribution in [1.82, 2.24) is 0 Å². The molecule has 2 aromatic rings. The monoisotopic (exact) mass is 304 g/mol. The molecule has 0 radical (unpaired) electrons. The molecule has 0 heterocycles. The standard InChI is InChI=1S/C16H17ClN2O2/c1-20-14-4-2-3-11(7-14)9-21-10-13-6-5-12(16(18)19)8-15(13)17/h2-8H,9-10H2,1H3,(H3,18,19). The van der Waals surface area contributed by atoms with Crippen LogP contribution in [0.1, 0.15) is 16.7 Å². The van der Waals surface area contributed by atoms with Crippen molar-refractivity contribution in [2.24, 2.45) is 5.73 Å². The molecule has 0 fully saturated rings. The number of amidine groups is 1. The molecule has 110 valence electrons. The van der Waals surface area contributed by atoms with Crippen molar-refractivity contribution < 1.29 is 9.47 Å². The van der Waals surface area contributed by atoms with Crippen LogP contribution in [0.4, 0.5) is 0 Å². The first-order valence-corrected chi connectivity index (χ1v) is 6.81. The van der Waals surface area contributed by atoms with Crippen LogP contribution in [0.25, 0.3) is 0 Å². The Morgan fingerprint density at radius 2 is 2.00 bits per heavy atom. The van der Waals surface area contributed by atoms with Crippen molar-refractivity contribution in [3.8, 4) is 5.75 Å². The van der Waals surface area contributed by atoms with Crippen LogP contribution in [0.5, 0.6) is 5.75 Å². The first kappa shape index (κ1) is 15.4. The number of rotatable bonds is 6. The van der Waals surface area contributed by atoms with Gasteiger partial charge >= 0.3 is 0 Å². The van der Waals surface area contributed by atoms with Crippen LogP contribution < -0.4 is 10.5 Å². The number of hydrogen-bond acceptors (Lipinski definition) is 3. The highest BCUT2D eigenvalue weighted by Gasteiger charge is 2.04. The Balaban J connectivity index is 1.95. The molecule has 2 aromatic carbocycles. The molecule has 21 heavy (non-hydrogen) atoms. The van der Waals surface area contributed by atoms with Crippen LogP contribution in [0.3, 0.4) is 0 Å². The zero-order chi connectivity index (χ0) is 15.2. The molecule has 5 heteroatoms. The van der Waals surface area contributed by atoms with E-state index in [4.69, 9.17) is 32.2 Å². The molecule has 0 amide bonds. The summed E-state index contributed by atoms with van der Waals surface area (Å²) in [7, 11) is 1.64. The van der Waals surface area contributed by atoms with Gasteiger partial charge in [-0.1, -0.05) is 35.9 Å². The lowest BCUT2D eigenvalue weighted by Gasteiger charge is -2.09. The lowest BCUT2D eigenvalue weighted by atomic mass is 10.1. The van der Waals surface area contributed by atoms with Gasteiger partial charge in [-0.3, -0.25) is 5.41 Å². The number of methoxy groups -OCH3 is 1. The van der Waals surface area contributed by atoms with Crippen molar-refractivity contribution in [2.45, 2.75) is 13.2 Å². The van der Waals surface area contributed by atoms with E-state index >= 15 is 0 Å². The molecule has 0 aromatic heterocycles. The normalized spacial score (nSPS) is 10.4. The smallest absolute Gasteiger partial charge is 0.122 e. The van der Waals surface area contributed by atoms with E-state index < -0.39 is 0 Å². The Morgan fingerprint density at radius 3 is 2.67 bits per heavy atom. The SMILES string of the molecule is COc1cccc(COCc2ccc(C(=N)N)cc2Cl)c1. The third kappa shape index (κ3) is 4.21. The zero-order valence-electron chi connectivity index (χ0n) is 11.7. The first-order chi connectivity index (χ1) is 10.1. The molecule has 0 aliphatic rings. The average molecular weight is 305 g/mol. The van der Waals surface area contributed by atoms with Gasteiger partial charge in [0.15, 0.2) is 0 Å². The van der Waals surface area contributed by atoms with Crippen LogP contribution in [0.2, 0.25) is 5.02 Å². The van der Waals surface area contributed by atoms with Gasteiger partial charge < -0.3 is 15.2 Å². The minimum Gasteiger partial charge on any atom is -0.497 e. The Hall–Kier alpha value is -2.04. The molecule has 4 nitrogen and oxygen atoms in total. The minimum absolute atomic E-state index is 0.000693. The van der Waals surface area contributed by atoms with Crippen LogP contribution in [-0.4, -0.2) is 12.9 Å². The van der Waals surface area contributed by atoms with Crippen molar-refractivity contribution in [3.05, 3.63) is 64.2 Å². The van der Waals surface area contributed by atoms with Crippen LogP contribution >= 0.6 is 11.6 Å². The second kappa shape index (κ2) is 7.11. The molecule has 3 N–H and O–H groups in total. The number of ether oxygens (including phenoxy) is 2. The fourth-order valence-corrected chi connectivity index (χ4v) is 2.11. The molecule has 0 saturated heterocycles. The molecule has 0 spiro atoms. The molecule has 2 rings (SSSR count). The predicted octanol–water partition coefficient (Wildman–Crippen LogP) is 3.35. The van der Waals surface area contributed by atoms with E-state index in [1.165, 1.54) is 0 Å². The molecule has 0 saturated carbocycles. The third-order valence-corrected chi connectivity index (χ3v) is 3.38. The molecular formula is C16H17ClN2O2. The molecule has 0 aliphatic heterocycles. The van der Waals surface area contributed by atoms with E-state index in [1.54, 1.807) is 19.2 Å². The van der Waals surface area contributed by atoms with Gasteiger partial charge in [-0.2, -0.15) is 0 Å². The Bertz CT molecular complexity index is 644. The summed E-state index contributed by atoms with van der Waals surface area (Å²) in [6.07, 6.45) is 0. The van der Waals surface area contributed by atoms with Gasteiger partial charge in [-0.05, 0) is 29.3 Å². The second-order valence-electron chi connectivity index (χ2n) is 4.56. The predicted molar refractivity (Wildman–Crippen MR) is 84.0 cm³/mol. The minimum atomic E-state index is 0.000693. The van der Waals surface area contributed by atoms with Gasteiger partial charge in [0.2, 0.25) is 0 Å². The van der Waals surface area contributed by atoms with E-state index in [1.807, 2.05) is 30.3 Å². The second-order valence-corrected chi connectivity index (χ2v) is 4.97. The largest absolute Gasteiger partial charge is 0.497 e. The maximum absolute atomic E-state index is 7.37. The summed E-state index contributed by atoms with van der Waals surface area (Å²) in [5, 5.41) is 7.92. The topological polar surface area (TPSA) is 68.3 Å². The van der Waals surface area contributed by atoms with Crippen molar-refractivity contribution in [1.29, 1.82) is 5.41 Å². The Morgan fingerprint density at radius 1 is 1.19 bits per heavy atom. The van der Waals surface area contributed by atoms with Gasteiger partial charge in [-0.15, -0.1) is 0 Å². The summed E-state index contributed by atoms with van der Waals surface area (Å²) in [6.45, 7) is 0.871. The number of halogens is 1. The van der Waals surface area contributed by atoms with Crippen molar-refractivity contribution in [2.75, 3.05) is 7.11 Å². The van der Waals surface area contributed by atoms with Crippen LogP contribution in [0, 0.1) is 5.41 Å². The number of hydrogen-bond donors (Lipinski definition) is 2. The summed E-state index contributed by atoms with van der Waals surface area (Å²) in [6, 6.07) is 13.0. The summed E-state index contributed by atoms with van der Waals surface area (Å²) >= 11 is 6.15. The van der Waals surface area contributed by atoms with Gasteiger partial charge in [0.1, 0.15) is 11.6 Å². The quantitative estimate of drug-likeness (QED) is 0.635. The average Bonchev–Trinajstić information content (AvgIpc) is 2.49. The zero-order valence-corrected chi connectivity index (χ0v) is 12.5. The van der Waals surface area contributed by atoms with E-state index in [-0.39, 0.29) is 5.84 Å². The maximum atomic E-state index is 7.37. The third-order valence-electron chi connectivity index (χ3n) is 3.02. The fraction of sp³-hybridized carbons (Fsp3) is 0.188. The van der Waals surface area contributed by atoms with E-state index in [0.29, 0.717) is 23.8 Å². The van der Waals surface area contributed by atoms with E-state index in [2.05, 4.69) is 0 Å². The summed E-state index contributed by atoms with van der Waals surface area (Å²) in [5.41, 5.74) is 7.92. The van der Waals surface area contributed by atoms with Crippen molar-refractivity contribution in [3.63, 3.8) is 0 Å². The summed E-state index contributed by atoms with van der Waals surface area (Å²) < 4.78 is 10.8. The Kier molecular flexibility index (Phi) is 5.20. The molecular weight excluding hydrogens is 288 g/mol. The highest BCUT2D eigenvalue weighted by Crippen LogP contribution is 2.20. The molecule has 0 bridgehead atoms. The van der Waals surface area contributed by atoms with Gasteiger partial charge in [0, 0.05) is 10.6 Å². The highest BCUT2D eigenvalue weighted by molar-refractivity contribution is 6.31. The lowest BCUT2D eigenvalue weighted by Crippen LogP contribution is -2.11. The molecule has 0 unspecified atom stereocenters. The first-order valence-electron chi connectivity index (χ1n) is 6.43. The van der Waals surface area contributed by atoms with Gasteiger partial charge in [0.25, 0.3) is 0 Å². The van der Waals surface area contributed by atoms with Crippen LogP contribution in [0.15, 0.2) is 42.5 Å². The number of nitrogens with one attached hydrogen (secondary N) is 1. The number of benzene rings is 2. The molecule has 0 aliphatic carbocycles. The number of nitrogen functional groups attached to an aromatic ring is 1. The van der Waals surface area contributed by atoms with Gasteiger partial charge in [-0.25, -0.2) is 0 Å².